The zero-order valence-corrected chi connectivity index (χ0v) is 17.8. The monoisotopic (exact) mass is 427 g/mol. The molecule has 1 N–H and O–H groups in total. The zero-order chi connectivity index (χ0) is 21.6. The molecule has 0 fully saturated rings. The molecule has 3 rings (SSSR count). The molecule has 2 aromatic heterocycles. The second kappa shape index (κ2) is 9.69. The predicted molar refractivity (Wildman–Crippen MR) is 113 cm³/mol. The van der Waals surface area contributed by atoms with Crippen LogP contribution in [-0.2, 0) is 23.1 Å². The summed E-state index contributed by atoms with van der Waals surface area (Å²) in [6, 6.07) is 13.1. The van der Waals surface area contributed by atoms with Gasteiger partial charge in [0.1, 0.15) is 5.76 Å². The highest BCUT2D eigenvalue weighted by atomic mass is 32.2. The molecule has 7 nitrogen and oxygen atoms in total. The van der Waals surface area contributed by atoms with Crippen molar-refractivity contribution in [1.29, 1.82) is 0 Å². The van der Waals surface area contributed by atoms with E-state index in [-0.39, 0.29) is 23.4 Å². The number of aromatic nitrogens is 1. The first-order valence-electron chi connectivity index (χ1n) is 9.72. The Morgan fingerprint density at radius 3 is 2.50 bits per heavy atom. The van der Waals surface area contributed by atoms with Crippen LogP contribution in [0.1, 0.15) is 41.9 Å². The minimum atomic E-state index is -3.62. The minimum absolute atomic E-state index is 0.129. The van der Waals surface area contributed by atoms with Gasteiger partial charge in [-0.3, -0.25) is 9.78 Å². The third kappa shape index (κ3) is 5.55. The third-order valence-corrected chi connectivity index (χ3v) is 6.30. The molecule has 0 spiro atoms. The second-order valence-corrected chi connectivity index (χ2v) is 8.77. The van der Waals surface area contributed by atoms with Gasteiger partial charge in [0.2, 0.25) is 10.0 Å². The fourth-order valence-corrected chi connectivity index (χ4v) is 4.20. The first-order chi connectivity index (χ1) is 14.4. The lowest BCUT2D eigenvalue weighted by Crippen LogP contribution is -2.32. The van der Waals surface area contributed by atoms with E-state index in [9.17, 15) is 13.2 Å². The highest BCUT2D eigenvalue weighted by Gasteiger charge is 2.20. The van der Waals surface area contributed by atoms with E-state index >= 15 is 0 Å². The van der Waals surface area contributed by atoms with E-state index in [0.717, 1.165) is 5.56 Å². The molecule has 2 heterocycles. The summed E-state index contributed by atoms with van der Waals surface area (Å²) in [5.41, 5.74) is 1.28. The number of nitrogens with one attached hydrogen (secondary N) is 1. The van der Waals surface area contributed by atoms with Crippen molar-refractivity contribution >= 4 is 15.9 Å². The summed E-state index contributed by atoms with van der Waals surface area (Å²) in [7, 11) is -3.62. The van der Waals surface area contributed by atoms with Gasteiger partial charge in [0.05, 0.1) is 17.7 Å². The molecule has 1 amide bonds. The van der Waals surface area contributed by atoms with Crippen molar-refractivity contribution in [2.75, 3.05) is 0 Å². The van der Waals surface area contributed by atoms with Gasteiger partial charge >= 0.3 is 0 Å². The van der Waals surface area contributed by atoms with E-state index in [0.29, 0.717) is 24.3 Å². The smallest absolute Gasteiger partial charge is 0.254 e. The molecule has 30 heavy (non-hydrogen) atoms. The lowest BCUT2D eigenvalue weighted by molar-refractivity contribution is 0.0717. The largest absolute Gasteiger partial charge is 0.467 e. The van der Waals surface area contributed by atoms with Crippen LogP contribution in [0.4, 0.5) is 0 Å². The Balaban J connectivity index is 1.81. The summed E-state index contributed by atoms with van der Waals surface area (Å²) < 4.78 is 32.9. The lowest BCUT2D eigenvalue weighted by atomic mass is 10.1. The fourth-order valence-electron chi connectivity index (χ4n) is 2.88. The Bertz CT molecular complexity index is 1050. The molecule has 0 bridgehead atoms. The lowest BCUT2D eigenvalue weighted by Gasteiger charge is -2.22. The van der Waals surface area contributed by atoms with Gasteiger partial charge in [0.15, 0.2) is 0 Å². The number of benzene rings is 1. The normalized spacial score (nSPS) is 12.5. The van der Waals surface area contributed by atoms with E-state index < -0.39 is 10.0 Å². The van der Waals surface area contributed by atoms with Crippen molar-refractivity contribution < 1.29 is 17.6 Å². The van der Waals surface area contributed by atoms with Crippen LogP contribution in [0.3, 0.4) is 0 Å². The first kappa shape index (κ1) is 21.7. The number of carbonyl (C=O) groups is 1. The quantitative estimate of drug-likeness (QED) is 0.563. The first-order valence-corrected chi connectivity index (χ1v) is 11.2. The van der Waals surface area contributed by atoms with Crippen molar-refractivity contribution in [3.63, 3.8) is 0 Å². The van der Waals surface area contributed by atoms with Crippen LogP contribution in [0.5, 0.6) is 0 Å². The number of nitrogens with zero attached hydrogens (tertiary/aromatic N) is 2. The Kier molecular flexibility index (Phi) is 7.02. The van der Waals surface area contributed by atoms with Crippen LogP contribution in [-0.4, -0.2) is 30.3 Å². The average molecular weight is 428 g/mol. The van der Waals surface area contributed by atoms with Crippen LogP contribution >= 0.6 is 0 Å². The molecule has 3 aromatic rings. The van der Waals surface area contributed by atoms with Gasteiger partial charge in [-0.05, 0) is 61.4 Å². The Hall–Kier alpha value is -2.97. The molecule has 8 heteroatoms. The second-order valence-electron chi connectivity index (χ2n) is 7.06. The molecule has 158 valence electrons. The van der Waals surface area contributed by atoms with Gasteiger partial charge in [-0.2, -0.15) is 0 Å². The summed E-state index contributed by atoms with van der Waals surface area (Å²) in [4.78, 5) is 19.0. The van der Waals surface area contributed by atoms with Gasteiger partial charge in [-0.1, -0.05) is 13.0 Å². The number of furan rings is 1. The topological polar surface area (TPSA) is 92.5 Å². The van der Waals surface area contributed by atoms with Crippen LogP contribution in [0.2, 0.25) is 0 Å². The Morgan fingerprint density at radius 2 is 1.90 bits per heavy atom. The van der Waals surface area contributed by atoms with E-state index in [1.54, 1.807) is 42.6 Å². The number of pyridine rings is 1. The maximum absolute atomic E-state index is 13.2. The molecular formula is C22H25N3O4S. The highest BCUT2D eigenvalue weighted by molar-refractivity contribution is 7.89. The van der Waals surface area contributed by atoms with Crippen molar-refractivity contribution in [3.05, 3.63) is 84.1 Å². The Labute approximate surface area is 176 Å². The maximum Gasteiger partial charge on any atom is 0.254 e. The molecule has 1 unspecified atom stereocenters. The number of rotatable bonds is 9. The molecule has 0 aliphatic carbocycles. The summed E-state index contributed by atoms with van der Waals surface area (Å²) >= 11 is 0. The van der Waals surface area contributed by atoms with E-state index in [1.807, 2.05) is 19.1 Å². The number of hydrogen-bond acceptors (Lipinski definition) is 5. The van der Waals surface area contributed by atoms with Gasteiger partial charge in [-0.15, -0.1) is 0 Å². The molecule has 0 aliphatic rings. The molecule has 0 saturated heterocycles. The number of hydrogen-bond donors (Lipinski definition) is 1. The highest BCUT2D eigenvalue weighted by Crippen LogP contribution is 2.17. The molecular weight excluding hydrogens is 402 g/mol. The summed E-state index contributed by atoms with van der Waals surface area (Å²) in [5.74, 6) is 0.429. The molecule has 1 atom stereocenters. The molecule has 1 aromatic carbocycles. The Morgan fingerprint density at radius 1 is 1.13 bits per heavy atom. The molecule has 0 radical (unpaired) electrons. The van der Waals surface area contributed by atoms with Crippen LogP contribution < -0.4 is 4.72 Å². The third-order valence-electron chi connectivity index (χ3n) is 4.69. The minimum Gasteiger partial charge on any atom is -0.467 e. The van der Waals surface area contributed by atoms with Crippen LogP contribution in [0, 0.1) is 0 Å². The summed E-state index contributed by atoms with van der Waals surface area (Å²) in [6.07, 6.45) is 5.63. The maximum atomic E-state index is 13.2. The van der Waals surface area contributed by atoms with Gasteiger partial charge in [0.25, 0.3) is 5.91 Å². The summed E-state index contributed by atoms with van der Waals surface area (Å²) in [5, 5.41) is 0. The van der Waals surface area contributed by atoms with Crippen molar-refractivity contribution in [3.8, 4) is 0 Å². The van der Waals surface area contributed by atoms with Gasteiger partial charge in [0, 0.05) is 30.5 Å². The van der Waals surface area contributed by atoms with Crippen LogP contribution in [0.25, 0.3) is 0 Å². The number of sulfonamides is 1. The standard InChI is InChI=1S/C22H25N3O4S/c1-3-17(2)24-30(27,28)21-10-8-19(9-11-21)22(26)25(16-20-7-5-13-29-20)15-18-6-4-12-23-14-18/h4-14,17,24H,3,15-16H2,1-2H3. The molecule has 0 saturated carbocycles. The van der Waals surface area contributed by atoms with Gasteiger partial charge in [-0.25, -0.2) is 13.1 Å². The van der Waals surface area contributed by atoms with Crippen molar-refractivity contribution in [2.45, 2.75) is 44.3 Å². The average Bonchev–Trinajstić information content (AvgIpc) is 3.26. The van der Waals surface area contributed by atoms with Crippen LogP contribution in [0.15, 0.2) is 76.5 Å². The number of carbonyl (C=O) groups excluding carboxylic acids is 1. The fraction of sp³-hybridized carbons (Fsp3) is 0.273. The zero-order valence-electron chi connectivity index (χ0n) is 17.0. The van der Waals surface area contributed by atoms with Crippen molar-refractivity contribution in [1.82, 2.24) is 14.6 Å². The van der Waals surface area contributed by atoms with E-state index in [4.69, 9.17) is 4.42 Å². The molecule has 0 aliphatic heterocycles. The summed E-state index contributed by atoms with van der Waals surface area (Å²) in [6.45, 7) is 4.35. The van der Waals surface area contributed by atoms with Crippen molar-refractivity contribution in [2.24, 2.45) is 0 Å². The van der Waals surface area contributed by atoms with Gasteiger partial charge < -0.3 is 9.32 Å². The van der Waals surface area contributed by atoms with E-state index in [2.05, 4.69) is 9.71 Å². The predicted octanol–water partition coefficient (Wildman–Crippen LogP) is 3.59. The van der Waals surface area contributed by atoms with E-state index in [1.165, 1.54) is 24.3 Å². The SMILES string of the molecule is CCC(C)NS(=O)(=O)c1ccc(C(=O)N(Cc2cccnc2)Cc2ccco2)cc1. The number of amides is 1.